The second-order valence-electron chi connectivity index (χ2n) is 5.28. The molecule has 0 saturated heterocycles. The van der Waals surface area contributed by atoms with Crippen molar-refractivity contribution < 1.29 is 14.3 Å². The quantitative estimate of drug-likeness (QED) is 0.901. The first-order chi connectivity index (χ1) is 10.0. The van der Waals surface area contributed by atoms with Crippen LogP contribution in [0.3, 0.4) is 0 Å². The Bertz CT molecular complexity index is 662. The number of hydrogen-bond acceptors (Lipinski definition) is 3. The van der Waals surface area contributed by atoms with Gasteiger partial charge in [0.15, 0.2) is 0 Å². The van der Waals surface area contributed by atoms with Gasteiger partial charge in [0.1, 0.15) is 5.76 Å². The molecule has 2 aromatic rings. The summed E-state index contributed by atoms with van der Waals surface area (Å²) in [6, 6.07) is 13.2. The van der Waals surface area contributed by atoms with Crippen LogP contribution in [-0.2, 0) is 6.42 Å². The van der Waals surface area contributed by atoms with Gasteiger partial charge in [0.2, 0.25) is 5.76 Å². The molecule has 0 spiro atoms. The van der Waals surface area contributed by atoms with E-state index in [9.17, 15) is 10.1 Å². The maximum absolute atomic E-state index is 10.8. The highest BCUT2D eigenvalue weighted by Crippen LogP contribution is 2.24. The van der Waals surface area contributed by atoms with Gasteiger partial charge < -0.3 is 9.52 Å². The van der Waals surface area contributed by atoms with Gasteiger partial charge in [0.05, 0.1) is 12.0 Å². The van der Waals surface area contributed by atoms with Crippen molar-refractivity contribution in [2.45, 2.75) is 32.1 Å². The van der Waals surface area contributed by atoms with E-state index in [0.29, 0.717) is 18.1 Å². The molecular formula is C17H17NO3. The van der Waals surface area contributed by atoms with E-state index in [0.717, 1.165) is 5.56 Å². The fourth-order valence-corrected chi connectivity index (χ4v) is 2.15. The molecule has 0 amide bonds. The molecule has 108 valence electrons. The van der Waals surface area contributed by atoms with E-state index in [4.69, 9.17) is 9.52 Å². The summed E-state index contributed by atoms with van der Waals surface area (Å²) in [4.78, 5) is 10.8. The number of benzene rings is 1. The number of carboxylic acids is 1. The summed E-state index contributed by atoms with van der Waals surface area (Å²) in [6.07, 6.45) is 0.366. The molecule has 4 heteroatoms. The van der Waals surface area contributed by atoms with Crippen LogP contribution in [0.5, 0.6) is 0 Å². The number of nitrogens with zero attached hydrogens (tertiary/aromatic N) is 1. The second-order valence-corrected chi connectivity index (χ2v) is 5.28. The Labute approximate surface area is 123 Å². The lowest BCUT2D eigenvalue weighted by Gasteiger charge is -2.10. The van der Waals surface area contributed by atoms with Gasteiger partial charge in [-0.25, -0.2) is 4.79 Å². The summed E-state index contributed by atoms with van der Waals surface area (Å²) < 4.78 is 5.21. The van der Waals surface area contributed by atoms with Crippen molar-refractivity contribution in [1.29, 1.82) is 5.26 Å². The fraction of sp³-hybridized carbons (Fsp3) is 0.294. The summed E-state index contributed by atoms with van der Waals surface area (Å²) in [5, 5.41) is 18.2. The SMILES string of the molecule is CC(C)c1ccc(C(C#N)Cc2ccc(C(=O)O)o2)cc1. The van der Waals surface area contributed by atoms with Crippen molar-refractivity contribution in [2.75, 3.05) is 0 Å². The van der Waals surface area contributed by atoms with Crippen LogP contribution in [0.25, 0.3) is 0 Å². The topological polar surface area (TPSA) is 74.2 Å². The van der Waals surface area contributed by atoms with Gasteiger partial charge in [0.25, 0.3) is 0 Å². The van der Waals surface area contributed by atoms with Crippen molar-refractivity contribution in [1.82, 2.24) is 0 Å². The predicted octanol–water partition coefficient (Wildman–Crippen LogP) is 3.95. The van der Waals surface area contributed by atoms with Crippen LogP contribution in [0.2, 0.25) is 0 Å². The molecule has 0 aliphatic heterocycles. The summed E-state index contributed by atoms with van der Waals surface area (Å²) in [7, 11) is 0. The fourth-order valence-electron chi connectivity index (χ4n) is 2.15. The van der Waals surface area contributed by atoms with Gasteiger partial charge in [-0.3, -0.25) is 0 Å². The minimum atomic E-state index is -1.10. The lowest BCUT2D eigenvalue weighted by molar-refractivity contribution is 0.0660. The van der Waals surface area contributed by atoms with E-state index in [1.165, 1.54) is 11.6 Å². The monoisotopic (exact) mass is 283 g/mol. The Hall–Kier alpha value is -2.54. The highest BCUT2D eigenvalue weighted by Gasteiger charge is 2.16. The largest absolute Gasteiger partial charge is 0.475 e. The third-order valence-corrected chi connectivity index (χ3v) is 3.44. The number of hydrogen-bond donors (Lipinski definition) is 1. The van der Waals surface area contributed by atoms with Crippen LogP contribution < -0.4 is 0 Å². The maximum atomic E-state index is 10.8. The van der Waals surface area contributed by atoms with Crippen molar-refractivity contribution in [3.05, 3.63) is 59.0 Å². The van der Waals surface area contributed by atoms with Gasteiger partial charge in [0, 0.05) is 6.42 Å². The number of furan rings is 1. The molecule has 21 heavy (non-hydrogen) atoms. The molecule has 1 N–H and O–H groups in total. The highest BCUT2D eigenvalue weighted by atomic mass is 16.4. The van der Waals surface area contributed by atoms with E-state index in [1.54, 1.807) is 6.07 Å². The highest BCUT2D eigenvalue weighted by molar-refractivity contribution is 5.84. The molecule has 4 nitrogen and oxygen atoms in total. The maximum Gasteiger partial charge on any atom is 0.371 e. The average molecular weight is 283 g/mol. The van der Waals surface area contributed by atoms with Crippen molar-refractivity contribution >= 4 is 5.97 Å². The first kappa shape index (κ1) is 14.9. The average Bonchev–Trinajstić information content (AvgIpc) is 2.93. The van der Waals surface area contributed by atoms with Crippen LogP contribution >= 0.6 is 0 Å². The van der Waals surface area contributed by atoms with E-state index >= 15 is 0 Å². The molecule has 0 aliphatic carbocycles. The molecule has 1 heterocycles. The molecule has 1 unspecified atom stereocenters. The van der Waals surface area contributed by atoms with Crippen molar-refractivity contribution in [2.24, 2.45) is 0 Å². The first-order valence-electron chi connectivity index (χ1n) is 6.82. The van der Waals surface area contributed by atoms with Crippen LogP contribution in [0, 0.1) is 11.3 Å². The predicted molar refractivity (Wildman–Crippen MR) is 78.3 cm³/mol. The zero-order valence-electron chi connectivity index (χ0n) is 12.0. The molecule has 0 saturated carbocycles. The lowest BCUT2D eigenvalue weighted by atomic mass is 9.93. The summed E-state index contributed by atoms with van der Waals surface area (Å²) >= 11 is 0. The Morgan fingerprint density at radius 2 is 1.81 bits per heavy atom. The van der Waals surface area contributed by atoms with Crippen molar-refractivity contribution in [3.63, 3.8) is 0 Å². The number of nitriles is 1. The number of aromatic carboxylic acids is 1. The van der Waals surface area contributed by atoms with E-state index in [-0.39, 0.29) is 11.7 Å². The number of carbonyl (C=O) groups is 1. The lowest BCUT2D eigenvalue weighted by Crippen LogP contribution is -2.00. The minimum absolute atomic E-state index is 0.100. The second kappa shape index (κ2) is 6.27. The summed E-state index contributed by atoms with van der Waals surface area (Å²) in [6.45, 7) is 4.24. The Morgan fingerprint density at radius 1 is 1.19 bits per heavy atom. The number of rotatable bonds is 5. The van der Waals surface area contributed by atoms with Gasteiger partial charge in [-0.05, 0) is 29.2 Å². The van der Waals surface area contributed by atoms with Gasteiger partial charge >= 0.3 is 5.97 Å². The molecule has 1 atom stereocenters. The van der Waals surface area contributed by atoms with Crippen LogP contribution in [0.4, 0.5) is 0 Å². The molecule has 1 aromatic carbocycles. The smallest absolute Gasteiger partial charge is 0.371 e. The Morgan fingerprint density at radius 3 is 2.29 bits per heavy atom. The first-order valence-corrected chi connectivity index (χ1v) is 6.82. The van der Waals surface area contributed by atoms with Gasteiger partial charge in [-0.15, -0.1) is 0 Å². The molecule has 0 fully saturated rings. The Balaban J connectivity index is 2.15. The third-order valence-electron chi connectivity index (χ3n) is 3.44. The molecule has 0 aliphatic rings. The standard InChI is InChI=1S/C17H17NO3/c1-11(2)12-3-5-13(6-4-12)14(10-18)9-15-7-8-16(21-15)17(19)20/h3-8,11,14H,9H2,1-2H3,(H,19,20). The van der Waals surface area contributed by atoms with E-state index in [2.05, 4.69) is 19.9 Å². The van der Waals surface area contributed by atoms with Crippen molar-refractivity contribution in [3.8, 4) is 6.07 Å². The third kappa shape index (κ3) is 3.51. The molecular weight excluding hydrogens is 266 g/mol. The normalized spacial score (nSPS) is 12.1. The minimum Gasteiger partial charge on any atom is -0.475 e. The van der Waals surface area contributed by atoms with Crippen LogP contribution in [0.1, 0.15) is 53.1 Å². The summed E-state index contributed by atoms with van der Waals surface area (Å²) in [5.41, 5.74) is 2.14. The molecule has 2 rings (SSSR count). The number of carboxylic acid groups (broad SMARTS) is 1. The molecule has 1 aromatic heterocycles. The zero-order chi connectivity index (χ0) is 15.4. The zero-order valence-corrected chi connectivity index (χ0v) is 12.0. The molecule has 0 bridgehead atoms. The molecule has 0 radical (unpaired) electrons. The van der Waals surface area contributed by atoms with E-state index < -0.39 is 5.97 Å². The van der Waals surface area contributed by atoms with Crippen LogP contribution in [0.15, 0.2) is 40.8 Å². The Kier molecular flexibility index (Phi) is 4.44. The van der Waals surface area contributed by atoms with Gasteiger partial charge in [-0.1, -0.05) is 38.1 Å². The van der Waals surface area contributed by atoms with Gasteiger partial charge in [-0.2, -0.15) is 5.26 Å². The summed E-state index contributed by atoms with van der Waals surface area (Å²) in [5.74, 6) is -0.596. The van der Waals surface area contributed by atoms with E-state index in [1.807, 2.05) is 24.3 Å². The van der Waals surface area contributed by atoms with Crippen LogP contribution in [-0.4, -0.2) is 11.1 Å².